The van der Waals surface area contributed by atoms with E-state index in [1.807, 2.05) is 0 Å². The largest absolute Gasteiger partial charge is 0.507 e. The van der Waals surface area contributed by atoms with Gasteiger partial charge in [-0.25, -0.2) is 0 Å². The van der Waals surface area contributed by atoms with Crippen LogP contribution in [-0.2, 0) is 33.3 Å². The number of ketones is 3. The maximum absolute atomic E-state index is 14.5. The van der Waals surface area contributed by atoms with Gasteiger partial charge in [0.25, 0.3) is 11.7 Å². The number of hydrogen-bond acceptors (Lipinski definition) is 15. The molecule has 0 radical (unpaired) electrons. The first-order valence-electron chi connectivity index (χ1n) is 20.0. The Morgan fingerprint density at radius 2 is 1.64 bits per heavy atom. The van der Waals surface area contributed by atoms with Gasteiger partial charge in [0.15, 0.2) is 12.1 Å². The number of carbonyl (C=O) groups excluding carboxylic acids is 5. The second-order valence-corrected chi connectivity index (χ2v) is 16.6. The van der Waals surface area contributed by atoms with Gasteiger partial charge in [-0.2, -0.15) is 0 Å². The number of carbonyl (C=O) groups is 5. The van der Waals surface area contributed by atoms with Gasteiger partial charge in [0, 0.05) is 67.7 Å². The highest BCUT2D eigenvalue weighted by molar-refractivity contribution is 6.32. The Hall–Kier alpha value is -4.74. The molecule has 16 nitrogen and oxygen atoms in total. The fraction of sp³-hybridized carbons (Fsp3) is 0.581. The third-order valence-electron chi connectivity index (χ3n) is 12.4. The number of fused-ring (bicyclic) bond motifs is 12. The molecule has 7 rings (SSSR count). The van der Waals surface area contributed by atoms with Crippen molar-refractivity contribution in [1.29, 1.82) is 0 Å². The SMILES string of the molecule is COC1C=CO[C@@]2(C)Oc3c(C)c(O)c4c(c3C2=O)C(=NC2CCC(O)OC2C)C=C(NC(=O)C(C)=CC(=O)C2CC2C(O)C(C)C(O)C(C)C(OC(C)=O)C1C)C4=O. The zero-order valence-corrected chi connectivity index (χ0v) is 34.7. The Morgan fingerprint density at radius 1 is 0.949 bits per heavy atom. The summed E-state index contributed by atoms with van der Waals surface area (Å²) in [6.45, 7) is 12.2. The minimum absolute atomic E-state index is 0.0441. The molecule has 6 aliphatic rings. The number of nitrogens with one attached hydrogen (secondary N) is 1. The van der Waals surface area contributed by atoms with Crippen LogP contribution in [0.15, 0.2) is 40.8 Å². The monoisotopic (exact) mass is 822 g/mol. The van der Waals surface area contributed by atoms with Gasteiger partial charge in [0.2, 0.25) is 5.78 Å². The van der Waals surface area contributed by atoms with Crippen molar-refractivity contribution in [1.82, 2.24) is 5.32 Å². The Morgan fingerprint density at radius 3 is 2.29 bits per heavy atom. The summed E-state index contributed by atoms with van der Waals surface area (Å²) in [4.78, 5) is 73.1. The molecule has 12 unspecified atom stereocenters. The van der Waals surface area contributed by atoms with Crippen molar-refractivity contribution in [3.8, 4) is 11.5 Å². The molecule has 1 amide bonds. The summed E-state index contributed by atoms with van der Waals surface area (Å²) in [6.07, 6.45) is 0.385. The molecule has 0 aromatic heterocycles. The van der Waals surface area contributed by atoms with Crippen molar-refractivity contribution in [2.45, 2.75) is 123 Å². The second-order valence-electron chi connectivity index (χ2n) is 16.6. The molecule has 320 valence electrons. The normalized spacial score (nSPS) is 37.2. The number of benzene rings is 1. The van der Waals surface area contributed by atoms with Crippen LogP contribution in [0, 0.1) is 36.5 Å². The van der Waals surface area contributed by atoms with Crippen LogP contribution in [0.1, 0.15) is 99.6 Å². The molecule has 1 aromatic carbocycles. The molecule has 1 saturated heterocycles. The number of amides is 1. The highest BCUT2D eigenvalue weighted by atomic mass is 16.7. The van der Waals surface area contributed by atoms with E-state index in [9.17, 15) is 44.4 Å². The Bertz CT molecular complexity index is 2050. The van der Waals surface area contributed by atoms with E-state index in [1.54, 1.807) is 27.7 Å². The van der Waals surface area contributed by atoms with E-state index in [-0.39, 0.29) is 51.4 Å². The summed E-state index contributed by atoms with van der Waals surface area (Å²) in [7, 11) is 1.42. The average molecular weight is 823 g/mol. The molecule has 2 fully saturated rings. The summed E-state index contributed by atoms with van der Waals surface area (Å²) in [5.41, 5.74) is -0.683. The van der Waals surface area contributed by atoms with Gasteiger partial charge in [0.1, 0.15) is 17.6 Å². The van der Waals surface area contributed by atoms with Gasteiger partial charge in [-0.3, -0.25) is 29.0 Å². The van der Waals surface area contributed by atoms with Crippen molar-refractivity contribution in [2.75, 3.05) is 7.11 Å². The topological polar surface area (TPSA) is 237 Å². The Kier molecular flexibility index (Phi) is 12.4. The number of aliphatic hydroxyl groups excluding tert-OH is 3. The molecule has 4 heterocycles. The maximum atomic E-state index is 14.5. The van der Waals surface area contributed by atoms with Crippen molar-refractivity contribution >= 4 is 34.9 Å². The standard InChI is InChI=1S/C43H54N2O14/c1-17-14-29(47)24-15-25(24)36(50)19(3)35(49)20(4)39(58-23(7)46)18(2)30(55-9)12-13-56-43(8)41(53)34-32-27(44-26-10-11-31(48)57-22(26)6)16-28(45-42(17)54)38(52)33(32)37(51)21(5)40(34)59-43/h12-14,16,18-20,22,24-26,30-31,35-36,39,48-51H,10-11,15H2,1-9H3,(H,45,54)/t18?,19?,20?,22?,24?,25?,26?,30?,31?,35?,36?,39?,43-/m0/s1. The van der Waals surface area contributed by atoms with Crippen molar-refractivity contribution in [3.05, 3.63) is 58.0 Å². The molecule has 13 atom stereocenters. The van der Waals surface area contributed by atoms with Gasteiger partial charge in [-0.15, -0.1) is 0 Å². The van der Waals surface area contributed by atoms with E-state index < -0.39 is 113 Å². The van der Waals surface area contributed by atoms with Crippen LogP contribution in [0.3, 0.4) is 0 Å². The third-order valence-corrected chi connectivity index (χ3v) is 12.4. The number of phenols is 1. The van der Waals surface area contributed by atoms with Crippen LogP contribution in [0.5, 0.6) is 11.5 Å². The van der Waals surface area contributed by atoms with E-state index in [0.717, 1.165) is 6.08 Å². The number of aliphatic imine (C=N–C) groups is 1. The molecular formula is C43H54N2O14. The van der Waals surface area contributed by atoms with E-state index in [4.69, 9.17) is 28.7 Å². The molecular weight excluding hydrogens is 768 g/mol. The zero-order chi connectivity index (χ0) is 43.4. The van der Waals surface area contributed by atoms with Gasteiger partial charge in [-0.05, 0) is 57.8 Å². The lowest BCUT2D eigenvalue weighted by Gasteiger charge is -2.37. The molecule has 4 aliphatic heterocycles. The van der Waals surface area contributed by atoms with E-state index in [2.05, 4.69) is 5.32 Å². The molecule has 5 N–H and O–H groups in total. The first-order valence-corrected chi connectivity index (χ1v) is 20.0. The number of rotatable bonds is 3. The number of allylic oxidation sites excluding steroid dienone is 3. The third kappa shape index (κ3) is 8.25. The fourth-order valence-electron chi connectivity index (χ4n) is 8.69. The minimum Gasteiger partial charge on any atom is -0.507 e. The van der Waals surface area contributed by atoms with Crippen LogP contribution >= 0.6 is 0 Å². The van der Waals surface area contributed by atoms with Crippen LogP contribution in [0.25, 0.3) is 0 Å². The van der Waals surface area contributed by atoms with Crippen molar-refractivity contribution in [2.24, 2.45) is 34.6 Å². The van der Waals surface area contributed by atoms with Gasteiger partial charge in [0.05, 0.1) is 59.3 Å². The van der Waals surface area contributed by atoms with Gasteiger partial charge in [-0.1, -0.05) is 20.8 Å². The number of methoxy groups -OCH3 is 1. The highest BCUT2D eigenvalue weighted by Crippen LogP contribution is 2.49. The lowest BCUT2D eigenvalue weighted by Crippen LogP contribution is -2.46. The summed E-state index contributed by atoms with van der Waals surface area (Å²) in [5.74, 6) is -9.25. The molecule has 2 aliphatic carbocycles. The van der Waals surface area contributed by atoms with Crippen molar-refractivity contribution in [3.63, 3.8) is 0 Å². The number of nitrogens with zero attached hydrogens (tertiary/aromatic N) is 1. The average Bonchev–Trinajstić information content (AvgIpc) is 3.94. The summed E-state index contributed by atoms with van der Waals surface area (Å²) >= 11 is 0. The molecule has 1 saturated carbocycles. The maximum Gasteiger partial charge on any atom is 0.312 e. The molecule has 59 heavy (non-hydrogen) atoms. The number of aromatic hydroxyl groups is 1. The number of Topliss-reactive ketones (excluding diaryl/α,β-unsaturated/α-hetero) is 2. The van der Waals surface area contributed by atoms with Gasteiger partial charge < -0.3 is 49.4 Å². The molecule has 5 bridgehead atoms. The molecule has 0 spiro atoms. The zero-order valence-electron chi connectivity index (χ0n) is 34.7. The van der Waals surface area contributed by atoms with Crippen LogP contribution < -0.4 is 10.1 Å². The summed E-state index contributed by atoms with van der Waals surface area (Å²) in [6, 6.07) is -0.576. The number of hydrogen-bond donors (Lipinski definition) is 5. The number of esters is 1. The Labute approximate surface area is 342 Å². The predicted octanol–water partition coefficient (Wildman–Crippen LogP) is 3.14. The minimum atomic E-state index is -2.03. The van der Waals surface area contributed by atoms with E-state index >= 15 is 0 Å². The lowest BCUT2D eigenvalue weighted by molar-refractivity contribution is -0.162. The van der Waals surface area contributed by atoms with Crippen LogP contribution in [-0.4, -0.2) is 111 Å². The summed E-state index contributed by atoms with van der Waals surface area (Å²) < 4.78 is 29.3. The number of aliphatic hydroxyl groups is 3. The van der Waals surface area contributed by atoms with Crippen LogP contribution in [0.2, 0.25) is 0 Å². The first kappa shape index (κ1) is 43.8. The number of ether oxygens (including phenoxy) is 5. The van der Waals surface area contributed by atoms with Crippen LogP contribution in [0.4, 0.5) is 0 Å². The lowest BCUT2D eigenvalue weighted by atomic mass is 9.79. The predicted molar refractivity (Wildman–Crippen MR) is 209 cm³/mol. The quantitative estimate of drug-likeness (QED) is 0.276. The van der Waals surface area contributed by atoms with E-state index in [1.165, 1.54) is 53.2 Å². The van der Waals surface area contributed by atoms with Crippen molar-refractivity contribution < 1.29 is 68.1 Å². The summed E-state index contributed by atoms with van der Waals surface area (Å²) in [5, 5.41) is 47.2. The Balaban J connectivity index is 1.48. The van der Waals surface area contributed by atoms with E-state index in [0.29, 0.717) is 12.8 Å². The van der Waals surface area contributed by atoms with Gasteiger partial charge >= 0.3 is 11.8 Å². The highest BCUT2D eigenvalue weighted by Gasteiger charge is 2.52. The first-order chi connectivity index (χ1) is 27.7. The molecule has 1 aromatic rings. The molecule has 16 heteroatoms. The smallest absolute Gasteiger partial charge is 0.312 e. The second kappa shape index (κ2) is 16.7. The number of phenolic OH excluding ortho intramolecular Hbond substituents is 1. The fourth-order valence-corrected chi connectivity index (χ4v) is 8.69.